The van der Waals surface area contributed by atoms with Crippen LogP contribution in [-0.2, 0) is 18.3 Å². The average molecular weight is 359 g/mol. The quantitative estimate of drug-likeness (QED) is 0.840. The topological polar surface area (TPSA) is 46.4 Å². The second-order valence-electron chi connectivity index (χ2n) is 7.55. The van der Waals surface area contributed by atoms with E-state index in [1.807, 2.05) is 19.4 Å². The minimum Gasteiger partial charge on any atom is -0.379 e. The van der Waals surface area contributed by atoms with E-state index in [2.05, 4.69) is 24.3 Å². The number of pyridine rings is 1. The van der Waals surface area contributed by atoms with Crippen LogP contribution >= 0.6 is 0 Å². The lowest BCUT2D eigenvalue weighted by atomic mass is 9.80. The van der Waals surface area contributed by atoms with Gasteiger partial charge in [-0.2, -0.15) is 0 Å². The van der Waals surface area contributed by atoms with Crippen molar-refractivity contribution in [1.29, 1.82) is 0 Å². The summed E-state index contributed by atoms with van der Waals surface area (Å²) in [6, 6.07) is 3.12. The predicted octanol–water partition coefficient (Wildman–Crippen LogP) is 2.07. The zero-order valence-corrected chi connectivity index (χ0v) is 15.3. The number of piperidine rings is 1. The number of rotatable bonds is 3. The third kappa shape index (κ3) is 3.59. The van der Waals surface area contributed by atoms with Crippen LogP contribution in [0.25, 0.3) is 0 Å². The summed E-state index contributed by atoms with van der Waals surface area (Å²) in [6.07, 6.45) is 7.69. The molecule has 0 aromatic carbocycles. The van der Waals surface area contributed by atoms with Crippen molar-refractivity contribution in [2.75, 3.05) is 44.3 Å². The molecule has 1 spiro atoms. The zero-order chi connectivity index (χ0) is 18.0. The molecule has 6 nitrogen and oxygen atoms in total. The molecule has 0 amide bonds. The third-order valence-corrected chi connectivity index (χ3v) is 5.51. The van der Waals surface area contributed by atoms with E-state index in [-0.39, 0.29) is 11.2 Å². The maximum atomic E-state index is 14.3. The fraction of sp³-hybridized carbons (Fsp3) is 0.579. The smallest absolute Gasteiger partial charge is 0.165 e. The van der Waals surface area contributed by atoms with Crippen LogP contribution in [0.15, 0.2) is 30.7 Å². The zero-order valence-electron chi connectivity index (χ0n) is 15.3. The highest BCUT2D eigenvalue weighted by atomic mass is 19.1. The maximum Gasteiger partial charge on any atom is 0.165 e. The first-order chi connectivity index (χ1) is 12.7. The van der Waals surface area contributed by atoms with Gasteiger partial charge in [0.25, 0.3) is 0 Å². The molecule has 26 heavy (non-hydrogen) atoms. The number of imidazole rings is 1. The van der Waals surface area contributed by atoms with Gasteiger partial charge in [0.15, 0.2) is 11.6 Å². The van der Waals surface area contributed by atoms with E-state index < -0.39 is 0 Å². The molecule has 2 aliphatic heterocycles. The Morgan fingerprint density at radius 2 is 2.15 bits per heavy atom. The number of anilines is 1. The van der Waals surface area contributed by atoms with E-state index in [1.54, 1.807) is 12.3 Å². The van der Waals surface area contributed by atoms with Gasteiger partial charge < -0.3 is 14.2 Å². The maximum absolute atomic E-state index is 14.3. The first kappa shape index (κ1) is 17.4. The molecule has 2 aromatic rings. The highest BCUT2D eigenvalue weighted by Crippen LogP contribution is 2.35. The molecule has 140 valence electrons. The van der Waals surface area contributed by atoms with E-state index in [1.165, 1.54) is 6.07 Å². The molecule has 2 fully saturated rings. The Balaban J connectivity index is 1.52. The number of hydrogen-bond donors (Lipinski definition) is 0. The fourth-order valence-corrected chi connectivity index (χ4v) is 4.22. The third-order valence-electron chi connectivity index (χ3n) is 5.51. The van der Waals surface area contributed by atoms with Gasteiger partial charge in [-0.1, -0.05) is 0 Å². The van der Waals surface area contributed by atoms with Gasteiger partial charge in [-0.25, -0.2) is 14.4 Å². The number of aryl methyl sites for hydroxylation is 1. The van der Waals surface area contributed by atoms with Crippen molar-refractivity contribution in [1.82, 2.24) is 19.4 Å². The van der Waals surface area contributed by atoms with Crippen molar-refractivity contribution in [2.24, 2.45) is 12.5 Å². The summed E-state index contributed by atoms with van der Waals surface area (Å²) >= 11 is 0. The lowest BCUT2D eigenvalue weighted by molar-refractivity contribution is 0.00965. The molecule has 2 saturated heterocycles. The molecule has 7 heteroatoms. The Hall–Kier alpha value is -1.99. The molecule has 0 unspecified atom stereocenters. The predicted molar refractivity (Wildman–Crippen MR) is 97.4 cm³/mol. The van der Waals surface area contributed by atoms with Crippen molar-refractivity contribution in [2.45, 2.75) is 19.4 Å². The van der Waals surface area contributed by atoms with Crippen LogP contribution in [0.2, 0.25) is 0 Å². The normalized spacial score (nSPS) is 24.8. The van der Waals surface area contributed by atoms with Gasteiger partial charge >= 0.3 is 0 Å². The molecular formula is C19H26FN5O. The Labute approximate surface area is 153 Å². The summed E-state index contributed by atoms with van der Waals surface area (Å²) in [5, 5.41) is 0. The van der Waals surface area contributed by atoms with Crippen LogP contribution in [0.1, 0.15) is 18.7 Å². The molecule has 0 N–H and O–H groups in total. The highest BCUT2D eigenvalue weighted by Gasteiger charge is 2.39. The number of ether oxygens (including phenoxy) is 1. The minimum atomic E-state index is -0.259. The van der Waals surface area contributed by atoms with Crippen LogP contribution in [0.5, 0.6) is 0 Å². The van der Waals surface area contributed by atoms with E-state index in [0.717, 1.165) is 51.5 Å². The van der Waals surface area contributed by atoms with Crippen molar-refractivity contribution >= 4 is 5.82 Å². The molecule has 1 atom stereocenters. The van der Waals surface area contributed by atoms with Crippen molar-refractivity contribution in [3.05, 3.63) is 42.4 Å². The van der Waals surface area contributed by atoms with Crippen molar-refractivity contribution < 1.29 is 9.13 Å². The van der Waals surface area contributed by atoms with Crippen LogP contribution in [-0.4, -0.2) is 58.8 Å². The Morgan fingerprint density at radius 3 is 2.96 bits per heavy atom. The molecular weight excluding hydrogens is 333 g/mol. The van der Waals surface area contributed by atoms with Gasteiger partial charge in [-0.15, -0.1) is 0 Å². The van der Waals surface area contributed by atoms with E-state index in [9.17, 15) is 4.39 Å². The molecule has 0 radical (unpaired) electrons. The number of hydrogen-bond acceptors (Lipinski definition) is 5. The Bertz CT molecular complexity index is 751. The van der Waals surface area contributed by atoms with Gasteiger partial charge in [-0.3, -0.25) is 4.90 Å². The fourth-order valence-electron chi connectivity index (χ4n) is 4.22. The summed E-state index contributed by atoms with van der Waals surface area (Å²) < 4.78 is 22.3. The molecule has 0 bridgehead atoms. The second kappa shape index (κ2) is 7.32. The monoisotopic (exact) mass is 359 g/mol. The summed E-state index contributed by atoms with van der Waals surface area (Å²) in [5.41, 5.74) is 0.00384. The first-order valence-electron chi connectivity index (χ1n) is 9.27. The van der Waals surface area contributed by atoms with Crippen molar-refractivity contribution in [3.8, 4) is 0 Å². The Kier molecular flexibility index (Phi) is 4.91. The second-order valence-corrected chi connectivity index (χ2v) is 7.55. The summed E-state index contributed by atoms with van der Waals surface area (Å²) in [4.78, 5) is 13.3. The molecule has 2 aliphatic rings. The standard InChI is InChI=1S/C19H26FN5O/c1-23-9-7-21-17(23)12-24-8-3-5-19(13-24)14-25(10-11-26-15-19)18-16(20)4-2-6-22-18/h2,4,6-7,9H,3,5,8,10-15H2,1H3/t19-/m0/s1. The summed E-state index contributed by atoms with van der Waals surface area (Å²) in [6.45, 7) is 5.61. The van der Waals surface area contributed by atoms with E-state index in [4.69, 9.17) is 4.74 Å². The average Bonchev–Trinajstić information content (AvgIpc) is 2.92. The van der Waals surface area contributed by atoms with Gasteiger partial charge in [-0.05, 0) is 31.5 Å². The first-order valence-corrected chi connectivity index (χ1v) is 9.27. The number of aromatic nitrogens is 3. The van der Waals surface area contributed by atoms with Crippen molar-refractivity contribution in [3.63, 3.8) is 0 Å². The van der Waals surface area contributed by atoms with E-state index >= 15 is 0 Å². The summed E-state index contributed by atoms with van der Waals surface area (Å²) in [5.74, 6) is 1.26. The molecule has 2 aromatic heterocycles. The van der Waals surface area contributed by atoms with Crippen LogP contribution in [0, 0.1) is 11.2 Å². The Morgan fingerprint density at radius 1 is 1.23 bits per heavy atom. The number of halogens is 1. The van der Waals surface area contributed by atoms with Crippen LogP contribution in [0.4, 0.5) is 10.2 Å². The number of likely N-dealkylation sites (tertiary alicyclic amines) is 1. The lowest BCUT2D eigenvalue weighted by Gasteiger charge is -2.43. The van der Waals surface area contributed by atoms with Gasteiger partial charge in [0.1, 0.15) is 5.82 Å². The summed E-state index contributed by atoms with van der Waals surface area (Å²) in [7, 11) is 2.03. The van der Waals surface area contributed by atoms with Crippen LogP contribution < -0.4 is 4.90 Å². The van der Waals surface area contributed by atoms with Gasteiger partial charge in [0.05, 0.1) is 19.8 Å². The molecule has 0 aliphatic carbocycles. The van der Waals surface area contributed by atoms with Gasteiger partial charge in [0, 0.05) is 50.7 Å². The molecule has 4 rings (SSSR count). The SMILES string of the molecule is Cn1ccnc1CN1CCC[C@]2(COCCN(c3ncccc3F)C2)C1. The largest absolute Gasteiger partial charge is 0.379 e. The lowest BCUT2D eigenvalue weighted by Crippen LogP contribution is -2.50. The number of nitrogens with zero attached hydrogens (tertiary/aromatic N) is 5. The van der Waals surface area contributed by atoms with E-state index in [0.29, 0.717) is 19.0 Å². The van der Waals surface area contributed by atoms with Gasteiger partial charge in [0.2, 0.25) is 0 Å². The molecule has 0 saturated carbocycles. The molecule has 4 heterocycles. The highest BCUT2D eigenvalue weighted by molar-refractivity contribution is 5.40. The van der Waals surface area contributed by atoms with Crippen LogP contribution in [0.3, 0.4) is 0 Å². The minimum absolute atomic E-state index is 0.00384.